The topological polar surface area (TPSA) is 68.2 Å². The highest BCUT2D eigenvalue weighted by molar-refractivity contribution is 14.0. The Labute approximate surface area is 149 Å². The lowest BCUT2D eigenvalue weighted by atomic mass is 10.0. The fourth-order valence-electron chi connectivity index (χ4n) is 2.28. The molecule has 0 aliphatic heterocycles. The van der Waals surface area contributed by atoms with Gasteiger partial charge in [0, 0.05) is 18.9 Å². The summed E-state index contributed by atoms with van der Waals surface area (Å²) in [5, 5.41) is 7.53. The van der Waals surface area contributed by atoms with E-state index in [-0.39, 0.29) is 24.0 Å². The predicted molar refractivity (Wildman–Crippen MR) is 103 cm³/mol. The first-order valence-corrected chi connectivity index (χ1v) is 7.30. The van der Waals surface area contributed by atoms with Crippen molar-refractivity contribution in [2.24, 2.45) is 17.8 Å². The standard InChI is InChI=1S/C16H23N5.HI/c1-4-12-7-6-8-13(5-2)15(12)19-16(17)18-11-14-9-10-21(3)20-14;/h6-10H,4-5,11H2,1-3H3,(H3,17,18,19);1H. The number of aryl methyl sites for hydroxylation is 3. The van der Waals surface area contributed by atoms with Gasteiger partial charge >= 0.3 is 0 Å². The summed E-state index contributed by atoms with van der Waals surface area (Å²) in [5.41, 5.74) is 10.5. The predicted octanol–water partition coefficient (Wildman–Crippen LogP) is 3.09. The second-order valence-electron chi connectivity index (χ2n) is 4.97. The van der Waals surface area contributed by atoms with Crippen LogP contribution in [0.25, 0.3) is 0 Å². The van der Waals surface area contributed by atoms with E-state index in [0.29, 0.717) is 12.5 Å². The molecule has 3 N–H and O–H groups in total. The molecule has 1 heterocycles. The van der Waals surface area contributed by atoms with E-state index in [1.165, 1.54) is 11.1 Å². The van der Waals surface area contributed by atoms with E-state index in [0.717, 1.165) is 24.2 Å². The van der Waals surface area contributed by atoms with Crippen LogP contribution in [0.1, 0.15) is 30.7 Å². The Morgan fingerprint density at radius 1 is 1.23 bits per heavy atom. The summed E-state index contributed by atoms with van der Waals surface area (Å²) in [6.07, 6.45) is 3.82. The molecule has 0 amide bonds. The van der Waals surface area contributed by atoms with Gasteiger partial charge < -0.3 is 11.1 Å². The second kappa shape index (κ2) is 8.77. The zero-order valence-corrected chi connectivity index (χ0v) is 15.7. The molecule has 0 atom stereocenters. The molecule has 0 saturated carbocycles. The van der Waals surface area contributed by atoms with Crippen molar-refractivity contribution in [1.29, 1.82) is 0 Å². The smallest absolute Gasteiger partial charge is 0.193 e. The van der Waals surface area contributed by atoms with E-state index in [4.69, 9.17) is 5.73 Å². The molecule has 5 nitrogen and oxygen atoms in total. The Morgan fingerprint density at radius 3 is 2.36 bits per heavy atom. The Morgan fingerprint density at radius 2 is 1.86 bits per heavy atom. The van der Waals surface area contributed by atoms with Gasteiger partial charge in [0.1, 0.15) is 0 Å². The molecule has 0 fully saturated rings. The van der Waals surface area contributed by atoms with Crippen LogP contribution in [0.15, 0.2) is 35.5 Å². The monoisotopic (exact) mass is 413 g/mol. The summed E-state index contributed by atoms with van der Waals surface area (Å²) in [6.45, 7) is 4.76. The Hall–Kier alpha value is -1.57. The average molecular weight is 413 g/mol. The summed E-state index contributed by atoms with van der Waals surface area (Å²) in [6, 6.07) is 8.26. The molecule has 0 aliphatic carbocycles. The lowest BCUT2D eigenvalue weighted by Crippen LogP contribution is -2.24. The number of nitrogens with two attached hydrogens (primary N) is 1. The van der Waals surface area contributed by atoms with Crippen molar-refractivity contribution in [1.82, 2.24) is 9.78 Å². The number of anilines is 1. The van der Waals surface area contributed by atoms with Crippen molar-refractivity contribution in [3.63, 3.8) is 0 Å². The minimum absolute atomic E-state index is 0. The van der Waals surface area contributed by atoms with E-state index < -0.39 is 0 Å². The van der Waals surface area contributed by atoms with E-state index in [1.54, 1.807) is 4.68 Å². The highest BCUT2D eigenvalue weighted by Gasteiger charge is 2.07. The molecule has 2 aromatic rings. The van der Waals surface area contributed by atoms with Crippen molar-refractivity contribution >= 4 is 35.6 Å². The number of guanidine groups is 1. The van der Waals surface area contributed by atoms with Gasteiger partial charge in [-0.3, -0.25) is 4.68 Å². The van der Waals surface area contributed by atoms with Gasteiger partial charge in [0.15, 0.2) is 5.96 Å². The molecule has 2 rings (SSSR count). The Kier molecular flexibility index (Phi) is 7.37. The van der Waals surface area contributed by atoms with Crippen molar-refractivity contribution < 1.29 is 0 Å². The molecule has 0 aliphatic rings. The number of para-hydroxylation sites is 1. The van der Waals surface area contributed by atoms with Gasteiger partial charge in [-0.1, -0.05) is 32.0 Å². The highest BCUT2D eigenvalue weighted by Crippen LogP contribution is 2.22. The van der Waals surface area contributed by atoms with E-state index in [9.17, 15) is 0 Å². The van der Waals surface area contributed by atoms with Crippen LogP contribution in [0.3, 0.4) is 0 Å². The number of aromatic nitrogens is 2. The maximum Gasteiger partial charge on any atom is 0.193 e. The van der Waals surface area contributed by atoms with E-state index in [2.05, 4.69) is 47.5 Å². The van der Waals surface area contributed by atoms with E-state index in [1.807, 2.05) is 19.3 Å². The molecular weight excluding hydrogens is 389 g/mol. The lowest BCUT2D eigenvalue weighted by molar-refractivity contribution is 0.743. The van der Waals surface area contributed by atoms with Crippen LogP contribution in [0, 0.1) is 0 Å². The van der Waals surface area contributed by atoms with Crippen LogP contribution in [0.4, 0.5) is 5.69 Å². The third kappa shape index (κ3) is 4.72. The molecule has 0 unspecified atom stereocenters. The summed E-state index contributed by atoms with van der Waals surface area (Å²) >= 11 is 0. The van der Waals surface area contributed by atoms with Gasteiger partial charge in [-0.25, -0.2) is 4.99 Å². The van der Waals surface area contributed by atoms with Gasteiger partial charge in [0.05, 0.1) is 12.2 Å². The van der Waals surface area contributed by atoms with Crippen molar-refractivity contribution in [3.05, 3.63) is 47.3 Å². The number of benzene rings is 1. The summed E-state index contributed by atoms with van der Waals surface area (Å²) in [4.78, 5) is 4.36. The van der Waals surface area contributed by atoms with E-state index >= 15 is 0 Å². The summed E-state index contributed by atoms with van der Waals surface area (Å²) in [7, 11) is 1.89. The maximum absolute atomic E-state index is 6.01. The third-order valence-corrected chi connectivity index (χ3v) is 3.43. The molecule has 0 saturated heterocycles. The minimum Gasteiger partial charge on any atom is -0.370 e. The van der Waals surface area contributed by atoms with Crippen LogP contribution in [-0.2, 0) is 26.4 Å². The SMILES string of the molecule is CCc1cccc(CC)c1NC(N)=NCc1ccn(C)n1.I. The number of hydrogen-bond acceptors (Lipinski definition) is 2. The fraction of sp³-hybridized carbons (Fsp3) is 0.375. The average Bonchev–Trinajstić information content (AvgIpc) is 2.91. The number of nitrogens with zero attached hydrogens (tertiary/aromatic N) is 3. The zero-order valence-electron chi connectivity index (χ0n) is 13.3. The molecule has 0 radical (unpaired) electrons. The molecular formula is C16H24IN5. The first kappa shape index (κ1) is 18.5. The summed E-state index contributed by atoms with van der Waals surface area (Å²) in [5.74, 6) is 0.427. The van der Waals surface area contributed by atoms with Crippen LogP contribution in [-0.4, -0.2) is 15.7 Å². The molecule has 120 valence electrons. The minimum atomic E-state index is 0. The van der Waals surface area contributed by atoms with Crippen LogP contribution in [0.5, 0.6) is 0 Å². The molecule has 0 spiro atoms. The molecule has 1 aromatic heterocycles. The van der Waals surface area contributed by atoms with Crippen LogP contribution >= 0.6 is 24.0 Å². The first-order chi connectivity index (χ1) is 10.1. The van der Waals surface area contributed by atoms with Gasteiger partial charge in [0.2, 0.25) is 0 Å². The molecule has 1 aromatic carbocycles. The molecule has 6 heteroatoms. The fourth-order valence-corrected chi connectivity index (χ4v) is 2.28. The molecule has 0 bridgehead atoms. The summed E-state index contributed by atoms with van der Waals surface area (Å²) < 4.78 is 1.76. The van der Waals surface area contributed by atoms with Crippen molar-refractivity contribution in [3.8, 4) is 0 Å². The van der Waals surface area contributed by atoms with Gasteiger partial charge in [-0.05, 0) is 30.0 Å². The number of halogens is 1. The number of rotatable bonds is 5. The van der Waals surface area contributed by atoms with Crippen molar-refractivity contribution in [2.45, 2.75) is 33.2 Å². The highest BCUT2D eigenvalue weighted by atomic mass is 127. The second-order valence-corrected chi connectivity index (χ2v) is 4.97. The number of nitrogens with one attached hydrogen (secondary N) is 1. The van der Waals surface area contributed by atoms with Crippen LogP contribution < -0.4 is 11.1 Å². The van der Waals surface area contributed by atoms with Gasteiger partial charge in [-0.2, -0.15) is 5.10 Å². The van der Waals surface area contributed by atoms with Gasteiger partial charge in [0.25, 0.3) is 0 Å². The normalized spacial score (nSPS) is 11.1. The quantitative estimate of drug-likeness (QED) is 0.450. The first-order valence-electron chi connectivity index (χ1n) is 7.30. The zero-order chi connectivity index (χ0) is 15.2. The number of hydrogen-bond donors (Lipinski definition) is 2. The largest absolute Gasteiger partial charge is 0.370 e. The lowest BCUT2D eigenvalue weighted by Gasteiger charge is -2.14. The third-order valence-electron chi connectivity index (χ3n) is 3.43. The Balaban J connectivity index is 0.00000242. The van der Waals surface area contributed by atoms with Gasteiger partial charge in [-0.15, -0.1) is 24.0 Å². The van der Waals surface area contributed by atoms with Crippen LogP contribution in [0.2, 0.25) is 0 Å². The molecule has 22 heavy (non-hydrogen) atoms. The number of aliphatic imine (C=N–C) groups is 1. The van der Waals surface area contributed by atoms with Crippen molar-refractivity contribution in [2.75, 3.05) is 5.32 Å². The Bertz CT molecular complexity index is 611. The maximum atomic E-state index is 6.01.